The van der Waals surface area contributed by atoms with Crippen LogP contribution in [0.15, 0.2) is 6.20 Å². The molecule has 12 heavy (non-hydrogen) atoms. The van der Waals surface area contributed by atoms with Crippen molar-refractivity contribution in [1.29, 1.82) is 0 Å². The number of halogens is 1. The number of rotatable bonds is 2. The highest BCUT2D eigenvalue weighted by atomic mass is 19.1. The Morgan fingerprint density at radius 3 is 2.67 bits per heavy atom. The van der Waals surface area contributed by atoms with E-state index in [-0.39, 0.29) is 11.5 Å². The van der Waals surface area contributed by atoms with E-state index >= 15 is 0 Å². The van der Waals surface area contributed by atoms with Crippen molar-refractivity contribution < 1.29 is 14.3 Å². The molecule has 1 aromatic heterocycles. The monoisotopic (exact) mass is 172 g/mol. The molecule has 0 bridgehead atoms. The van der Waals surface area contributed by atoms with Crippen LogP contribution in [-0.4, -0.2) is 20.6 Å². The molecule has 0 saturated heterocycles. The number of carbonyl (C=O) groups is 1. The minimum Gasteiger partial charge on any atom is -0.475 e. The Kier molecular flexibility index (Phi) is 2.12. The summed E-state index contributed by atoms with van der Waals surface area (Å²) >= 11 is 0. The minimum absolute atomic E-state index is 0.144. The molecule has 5 heteroatoms. The van der Waals surface area contributed by atoms with Crippen molar-refractivity contribution >= 4 is 5.97 Å². The second kappa shape index (κ2) is 2.92. The van der Waals surface area contributed by atoms with Gasteiger partial charge >= 0.3 is 5.97 Å². The van der Waals surface area contributed by atoms with Crippen LogP contribution in [0.4, 0.5) is 4.39 Å². The number of imidazole rings is 1. The number of aromatic nitrogens is 2. The highest BCUT2D eigenvalue weighted by Crippen LogP contribution is 2.16. The summed E-state index contributed by atoms with van der Waals surface area (Å²) in [6, 6.07) is 0. The van der Waals surface area contributed by atoms with Gasteiger partial charge in [0.05, 0.1) is 11.9 Å². The van der Waals surface area contributed by atoms with E-state index in [1.54, 1.807) is 0 Å². The lowest BCUT2D eigenvalue weighted by molar-refractivity contribution is 0.0679. The van der Waals surface area contributed by atoms with Crippen molar-refractivity contribution in [2.75, 3.05) is 0 Å². The fourth-order valence-corrected chi connectivity index (χ4v) is 0.991. The third-order valence-corrected chi connectivity index (χ3v) is 1.62. The molecule has 0 amide bonds. The van der Waals surface area contributed by atoms with Crippen LogP contribution in [0.25, 0.3) is 0 Å². The number of hydrogen-bond acceptors (Lipinski definition) is 2. The van der Waals surface area contributed by atoms with Gasteiger partial charge in [-0.15, -0.1) is 0 Å². The lowest BCUT2D eigenvalue weighted by Gasteiger charge is -2.02. The third kappa shape index (κ3) is 1.30. The van der Waals surface area contributed by atoms with E-state index in [1.165, 1.54) is 24.7 Å². The van der Waals surface area contributed by atoms with Crippen molar-refractivity contribution in [2.24, 2.45) is 7.05 Å². The largest absolute Gasteiger partial charge is 0.475 e. The van der Waals surface area contributed by atoms with E-state index in [1.807, 2.05) is 0 Å². The maximum absolute atomic E-state index is 12.7. The summed E-state index contributed by atoms with van der Waals surface area (Å²) in [5.74, 6) is -1.29. The van der Waals surface area contributed by atoms with Crippen molar-refractivity contribution in [3.05, 3.63) is 17.7 Å². The zero-order valence-electron chi connectivity index (χ0n) is 6.78. The molecule has 1 aromatic rings. The van der Waals surface area contributed by atoms with Crippen LogP contribution in [-0.2, 0) is 7.05 Å². The predicted molar refractivity (Wildman–Crippen MR) is 39.7 cm³/mol. The van der Waals surface area contributed by atoms with Gasteiger partial charge in [-0.2, -0.15) is 0 Å². The van der Waals surface area contributed by atoms with Crippen molar-refractivity contribution in [3.8, 4) is 0 Å². The molecular weight excluding hydrogens is 163 g/mol. The lowest BCUT2D eigenvalue weighted by atomic mass is 10.3. The predicted octanol–water partition coefficient (Wildman–Crippen LogP) is 1.15. The Balaban J connectivity index is 3.13. The molecule has 0 radical (unpaired) electrons. The van der Waals surface area contributed by atoms with E-state index in [0.717, 1.165) is 0 Å². The number of alkyl halides is 1. The van der Waals surface area contributed by atoms with Gasteiger partial charge in [-0.1, -0.05) is 0 Å². The first kappa shape index (κ1) is 8.70. The van der Waals surface area contributed by atoms with Gasteiger partial charge in [-0.25, -0.2) is 14.2 Å². The van der Waals surface area contributed by atoms with E-state index in [2.05, 4.69) is 4.98 Å². The first-order valence-electron chi connectivity index (χ1n) is 3.43. The smallest absolute Gasteiger partial charge is 0.372 e. The number of carboxylic acids is 1. The molecule has 66 valence electrons. The first-order chi connectivity index (χ1) is 5.54. The minimum atomic E-state index is -1.20. The fraction of sp³-hybridized carbons (Fsp3) is 0.429. The van der Waals surface area contributed by atoms with E-state index < -0.39 is 12.1 Å². The van der Waals surface area contributed by atoms with Crippen LogP contribution in [0.5, 0.6) is 0 Å². The Bertz CT molecular complexity index is 306. The van der Waals surface area contributed by atoms with Crippen LogP contribution >= 0.6 is 0 Å². The van der Waals surface area contributed by atoms with Crippen LogP contribution in [0.1, 0.15) is 29.4 Å². The van der Waals surface area contributed by atoms with Crippen molar-refractivity contribution in [1.82, 2.24) is 9.55 Å². The van der Waals surface area contributed by atoms with Gasteiger partial charge in [-0.05, 0) is 6.92 Å². The summed E-state index contributed by atoms with van der Waals surface area (Å²) in [5.41, 5.74) is 0.271. The van der Waals surface area contributed by atoms with E-state index in [0.29, 0.717) is 0 Å². The maximum Gasteiger partial charge on any atom is 0.372 e. The zero-order valence-corrected chi connectivity index (χ0v) is 6.78. The van der Waals surface area contributed by atoms with Gasteiger partial charge in [0.2, 0.25) is 5.82 Å². The molecule has 1 atom stereocenters. The van der Waals surface area contributed by atoms with Crippen LogP contribution in [0, 0.1) is 0 Å². The summed E-state index contributed by atoms with van der Waals surface area (Å²) in [5, 5.41) is 8.55. The summed E-state index contributed by atoms with van der Waals surface area (Å²) < 4.78 is 13.9. The molecule has 0 aliphatic heterocycles. The molecular formula is C7H9FN2O2. The Morgan fingerprint density at radius 1 is 1.83 bits per heavy atom. The van der Waals surface area contributed by atoms with Crippen molar-refractivity contribution in [3.63, 3.8) is 0 Å². The second-order valence-electron chi connectivity index (χ2n) is 2.49. The molecule has 0 saturated carbocycles. The van der Waals surface area contributed by atoms with Gasteiger partial charge < -0.3 is 9.67 Å². The molecule has 0 aliphatic carbocycles. The molecule has 1 unspecified atom stereocenters. The number of carboxylic acid groups (broad SMARTS) is 1. The highest BCUT2D eigenvalue weighted by Gasteiger charge is 2.15. The first-order valence-corrected chi connectivity index (χ1v) is 3.43. The topological polar surface area (TPSA) is 55.1 Å². The third-order valence-electron chi connectivity index (χ3n) is 1.62. The van der Waals surface area contributed by atoms with Gasteiger partial charge in [0.1, 0.15) is 6.17 Å². The average Bonchev–Trinajstić information content (AvgIpc) is 2.30. The molecule has 1 rings (SSSR count). The summed E-state index contributed by atoms with van der Waals surface area (Å²) in [4.78, 5) is 14.0. The Morgan fingerprint density at radius 2 is 2.42 bits per heavy atom. The lowest BCUT2D eigenvalue weighted by Crippen LogP contribution is -2.08. The van der Waals surface area contributed by atoms with E-state index in [9.17, 15) is 9.18 Å². The van der Waals surface area contributed by atoms with E-state index in [4.69, 9.17) is 5.11 Å². The van der Waals surface area contributed by atoms with Gasteiger partial charge in [0.25, 0.3) is 0 Å². The summed E-state index contributed by atoms with van der Waals surface area (Å²) in [6.07, 6.45) is 0.0318. The molecule has 0 spiro atoms. The fourth-order valence-electron chi connectivity index (χ4n) is 0.991. The maximum atomic E-state index is 12.7. The average molecular weight is 172 g/mol. The number of hydrogen-bond donors (Lipinski definition) is 1. The van der Waals surface area contributed by atoms with Crippen LogP contribution < -0.4 is 0 Å². The molecule has 4 nitrogen and oxygen atoms in total. The molecule has 0 aliphatic rings. The number of aromatic carboxylic acids is 1. The summed E-state index contributed by atoms with van der Waals surface area (Å²) in [6.45, 7) is 1.34. The normalized spacial score (nSPS) is 12.9. The molecule has 0 fully saturated rings. The van der Waals surface area contributed by atoms with Crippen LogP contribution in [0.3, 0.4) is 0 Å². The van der Waals surface area contributed by atoms with Gasteiger partial charge in [0.15, 0.2) is 0 Å². The highest BCUT2D eigenvalue weighted by molar-refractivity contribution is 5.83. The van der Waals surface area contributed by atoms with Gasteiger partial charge in [0, 0.05) is 7.05 Å². The SMILES string of the molecule is CC(F)c1cnc(C(=O)O)n1C. The molecule has 1 N–H and O–H groups in total. The molecule has 0 aromatic carbocycles. The van der Waals surface area contributed by atoms with Crippen molar-refractivity contribution in [2.45, 2.75) is 13.1 Å². The Hall–Kier alpha value is -1.39. The number of nitrogens with zero attached hydrogens (tertiary/aromatic N) is 2. The second-order valence-corrected chi connectivity index (χ2v) is 2.49. The standard InChI is InChI=1S/C7H9FN2O2/c1-4(8)5-3-9-6(7(11)12)10(5)2/h3-4H,1-2H3,(H,11,12). The summed E-state index contributed by atoms with van der Waals surface area (Å²) in [7, 11) is 1.47. The van der Waals surface area contributed by atoms with Crippen LogP contribution in [0.2, 0.25) is 0 Å². The molecule has 1 heterocycles. The zero-order chi connectivity index (χ0) is 9.30. The van der Waals surface area contributed by atoms with Gasteiger partial charge in [-0.3, -0.25) is 0 Å². The Labute approximate surface area is 68.7 Å². The quantitative estimate of drug-likeness (QED) is 0.727.